The highest BCUT2D eigenvalue weighted by Gasteiger charge is 2.09. The monoisotopic (exact) mass is 276 g/mol. The number of nitrogens with two attached hydrogens (primary N) is 1. The molecular formula is C12H18ClFN2O2. The highest BCUT2D eigenvalue weighted by atomic mass is 35.5. The Morgan fingerprint density at radius 2 is 2.22 bits per heavy atom. The number of halogens is 2. The van der Waals surface area contributed by atoms with Crippen LogP contribution in [0.4, 0.5) is 4.39 Å². The summed E-state index contributed by atoms with van der Waals surface area (Å²) in [4.78, 5) is 11.3. The van der Waals surface area contributed by atoms with Crippen LogP contribution in [-0.2, 0) is 4.79 Å². The third-order valence-corrected chi connectivity index (χ3v) is 2.33. The van der Waals surface area contributed by atoms with Crippen LogP contribution in [-0.4, -0.2) is 24.1 Å². The largest absolute Gasteiger partial charge is 0.387 e. The number of carbonyl (C=O) groups excluding carboxylic acids is 1. The third-order valence-electron chi connectivity index (χ3n) is 2.33. The quantitative estimate of drug-likeness (QED) is 0.729. The fourth-order valence-electron chi connectivity index (χ4n) is 1.39. The molecule has 0 spiro atoms. The molecule has 0 saturated heterocycles. The normalized spacial score (nSPS) is 11.5. The van der Waals surface area contributed by atoms with Crippen LogP contribution in [0.3, 0.4) is 0 Å². The number of rotatable bonds is 6. The van der Waals surface area contributed by atoms with Crippen molar-refractivity contribution in [3.8, 4) is 0 Å². The van der Waals surface area contributed by atoms with E-state index in [9.17, 15) is 14.3 Å². The Labute approximate surface area is 112 Å². The molecule has 1 aromatic rings. The molecule has 0 heterocycles. The molecule has 0 aliphatic heterocycles. The van der Waals surface area contributed by atoms with Crippen LogP contribution in [0.1, 0.15) is 24.5 Å². The minimum Gasteiger partial charge on any atom is -0.387 e. The Kier molecular flexibility index (Phi) is 8.28. The fourth-order valence-corrected chi connectivity index (χ4v) is 1.39. The summed E-state index contributed by atoms with van der Waals surface area (Å²) in [6.07, 6.45) is 0.0568. The molecule has 0 aliphatic rings. The van der Waals surface area contributed by atoms with Crippen molar-refractivity contribution in [3.63, 3.8) is 0 Å². The summed E-state index contributed by atoms with van der Waals surface area (Å²) in [5.74, 6) is -0.568. The molecule has 6 heteroatoms. The number of hydrogen-bond donors (Lipinski definition) is 3. The number of carbonyl (C=O) groups is 1. The van der Waals surface area contributed by atoms with Crippen molar-refractivity contribution in [1.82, 2.24) is 5.32 Å². The van der Waals surface area contributed by atoms with E-state index in [4.69, 9.17) is 5.73 Å². The van der Waals surface area contributed by atoms with Crippen LogP contribution in [0.25, 0.3) is 0 Å². The summed E-state index contributed by atoms with van der Waals surface area (Å²) in [6, 6.07) is 5.68. The molecule has 1 aromatic carbocycles. The van der Waals surface area contributed by atoms with Gasteiger partial charge in [-0.1, -0.05) is 12.1 Å². The van der Waals surface area contributed by atoms with Crippen molar-refractivity contribution < 1.29 is 14.3 Å². The zero-order valence-electron chi connectivity index (χ0n) is 9.93. The van der Waals surface area contributed by atoms with E-state index in [1.54, 1.807) is 6.07 Å². The zero-order chi connectivity index (χ0) is 12.7. The Balaban J connectivity index is 0.00000289. The molecule has 18 heavy (non-hydrogen) atoms. The van der Waals surface area contributed by atoms with Crippen molar-refractivity contribution in [3.05, 3.63) is 35.6 Å². The van der Waals surface area contributed by atoms with Gasteiger partial charge < -0.3 is 16.2 Å². The van der Waals surface area contributed by atoms with Crippen molar-refractivity contribution in [2.75, 3.05) is 13.1 Å². The molecule has 0 bridgehead atoms. The molecule has 4 nitrogen and oxygen atoms in total. The van der Waals surface area contributed by atoms with Gasteiger partial charge in [0.2, 0.25) is 5.91 Å². The molecule has 4 N–H and O–H groups in total. The molecule has 1 atom stereocenters. The van der Waals surface area contributed by atoms with E-state index in [1.165, 1.54) is 18.2 Å². The third kappa shape index (κ3) is 5.95. The number of hydrogen-bond acceptors (Lipinski definition) is 3. The van der Waals surface area contributed by atoms with Crippen LogP contribution < -0.4 is 11.1 Å². The number of aliphatic hydroxyl groups is 1. The maximum absolute atomic E-state index is 12.9. The molecule has 0 fully saturated rings. The maximum atomic E-state index is 12.9. The lowest BCUT2D eigenvalue weighted by Gasteiger charge is -2.12. The lowest BCUT2D eigenvalue weighted by atomic mass is 10.1. The maximum Gasteiger partial charge on any atom is 0.220 e. The van der Waals surface area contributed by atoms with E-state index in [2.05, 4.69) is 5.32 Å². The van der Waals surface area contributed by atoms with Gasteiger partial charge in [0.05, 0.1) is 6.10 Å². The molecule has 0 saturated carbocycles. The van der Waals surface area contributed by atoms with Gasteiger partial charge in [0.1, 0.15) is 5.82 Å². The summed E-state index contributed by atoms with van der Waals surface area (Å²) in [6.45, 7) is 0.534. The molecule has 0 aliphatic carbocycles. The van der Waals surface area contributed by atoms with Crippen LogP contribution in [0.15, 0.2) is 24.3 Å². The molecule has 1 amide bonds. The Morgan fingerprint density at radius 1 is 1.50 bits per heavy atom. The summed E-state index contributed by atoms with van der Waals surface area (Å²) in [5, 5.41) is 12.3. The van der Waals surface area contributed by atoms with Crippen LogP contribution >= 0.6 is 12.4 Å². The van der Waals surface area contributed by atoms with Gasteiger partial charge in [-0.2, -0.15) is 0 Å². The second-order valence-electron chi connectivity index (χ2n) is 3.77. The summed E-state index contributed by atoms with van der Waals surface area (Å²) in [5.41, 5.74) is 5.72. The van der Waals surface area contributed by atoms with E-state index in [0.717, 1.165) is 0 Å². The number of nitrogens with one attached hydrogen (secondary N) is 1. The van der Waals surface area contributed by atoms with Crippen LogP contribution in [0.2, 0.25) is 0 Å². The minimum atomic E-state index is -0.896. The van der Waals surface area contributed by atoms with Gasteiger partial charge in [-0.15, -0.1) is 12.4 Å². The van der Waals surface area contributed by atoms with Gasteiger partial charge in [0, 0.05) is 13.0 Å². The summed E-state index contributed by atoms with van der Waals surface area (Å²) < 4.78 is 12.9. The van der Waals surface area contributed by atoms with Gasteiger partial charge >= 0.3 is 0 Å². The second-order valence-corrected chi connectivity index (χ2v) is 3.77. The Morgan fingerprint density at radius 3 is 2.83 bits per heavy atom. The predicted octanol–water partition coefficient (Wildman–Crippen LogP) is 1.14. The van der Waals surface area contributed by atoms with E-state index >= 15 is 0 Å². The van der Waals surface area contributed by atoms with E-state index < -0.39 is 11.9 Å². The smallest absolute Gasteiger partial charge is 0.220 e. The number of amides is 1. The van der Waals surface area contributed by atoms with Crippen molar-refractivity contribution in [2.24, 2.45) is 5.73 Å². The number of benzene rings is 1. The second kappa shape index (κ2) is 8.85. The average Bonchev–Trinajstić information content (AvgIpc) is 2.33. The molecular weight excluding hydrogens is 259 g/mol. The van der Waals surface area contributed by atoms with Gasteiger partial charge in [0.25, 0.3) is 0 Å². The molecule has 1 unspecified atom stereocenters. The van der Waals surface area contributed by atoms with Gasteiger partial charge in [-0.3, -0.25) is 4.79 Å². The first-order valence-electron chi connectivity index (χ1n) is 5.53. The Bertz CT molecular complexity index is 377. The SMILES string of the molecule is Cl.NCCCC(=O)NCC(O)c1cccc(F)c1. The van der Waals surface area contributed by atoms with Gasteiger partial charge in [-0.25, -0.2) is 4.39 Å². The first kappa shape index (κ1) is 16.8. The van der Waals surface area contributed by atoms with Crippen molar-refractivity contribution in [2.45, 2.75) is 18.9 Å². The highest BCUT2D eigenvalue weighted by molar-refractivity contribution is 5.85. The first-order valence-corrected chi connectivity index (χ1v) is 5.53. The first-order chi connectivity index (χ1) is 8.13. The van der Waals surface area contributed by atoms with Crippen molar-refractivity contribution >= 4 is 18.3 Å². The lowest BCUT2D eigenvalue weighted by molar-refractivity contribution is -0.121. The molecule has 102 valence electrons. The topological polar surface area (TPSA) is 75.4 Å². The van der Waals surface area contributed by atoms with Crippen LogP contribution in [0.5, 0.6) is 0 Å². The zero-order valence-corrected chi connectivity index (χ0v) is 10.8. The minimum absolute atomic E-state index is 0. The Hall–Kier alpha value is -1.17. The number of aliphatic hydroxyl groups excluding tert-OH is 1. The lowest BCUT2D eigenvalue weighted by Crippen LogP contribution is -2.28. The van der Waals surface area contributed by atoms with Gasteiger partial charge in [0.15, 0.2) is 0 Å². The molecule has 1 rings (SSSR count). The highest BCUT2D eigenvalue weighted by Crippen LogP contribution is 2.12. The standard InChI is InChI=1S/C12H17FN2O2.ClH/c13-10-4-1-3-9(7-10)11(16)8-15-12(17)5-2-6-14;/h1,3-4,7,11,16H,2,5-6,8,14H2,(H,15,17);1H. The molecule has 0 aromatic heterocycles. The average molecular weight is 277 g/mol. The van der Waals surface area contributed by atoms with E-state index in [1.807, 2.05) is 0 Å². The van der Waals surface area contributed by atoms with Crippen LogP contribution in [0, 0.1) is 5.82 Å². The fraction of sp³-hybridized carbons (Fsp3) is 0.417. The van der Waals surface area contributed by atoms with E-state index in [0.29, 0.717) is 24.9 Å². The molecule has 0 radical (unpaired) electrons. The van der Waals surface area contributed by atoms with Gasteiger partial charge in [-0.05, 0) is 30.7 Å². The van der Waals surface area contributed by atoms with Crippen molar-refractivity contribution in [1.29, 1.82) is 0 Å². The van der Waals surface area contributed by atoms with E-state index in [-0.39, 0.29) is 24.9 Å². The predicted molar refractivity (Wildman–Crippen MR) is 69.9 cm³/mol. The summed E-state index contributed by atoms with van der Waals surface area (Å²) >= 11 is 0. The summed E-state index contributed by atoms with van der Waals surface area (Å²) in [7, 11) is 0.